The molecule has 0 amide bonds. The Bertz CT molecular complexity index is 540. The highest BCUT2D eigenvalue weighted by molar-refractivity contribution is 9.10. The summed E-state index contributed by atoms with van der Waals surface area (Å²) in [5.74, 6) is 0. The van der Waals surface area contributed by atoms with Crippen LogP contribution in [0.1, 0.15) is 17.2 Å². The minimum Gasteiger partial charge on any atom is -0.309 e. The van der Waals surface area contributed by atoms with Gasteiger partial charge in [0.2, 0.25) is 0 Å². The van der Waals surface area contributed by atoms with Crippen molar-refractivity contribution in [3.8, 4) is 0 Å². The Balaban J connectivity index is 2.38. The zero-order chi connectivity index (χ0) is 13.1. The first kappa shape index (κ1) is 14.1. The van der Waals surface area contributed by atoms with Crippen LogP contribution in [0, 0.1) is 0 Å². The summed E-state index contributed by atoms with van der Waals surface area (Å²) in [5.41, 5.74) is 2.35. The average molecular weight is 390 g/mol. The van der Waals surface area contributed by atoms with Gasteiger partial charge in [0.15, 0.2) is 0 Å². The van der Waals surface area contributed by atoms with Gasteiger partial charge in [0.25, 0.3) is 0 Å². The highest BCUT2D eigenvalue weighted by atomic mass is 79.9. The molecule has 0 aromatic heterocycles. The largest absolute Gasteiger partial charge is 0.309 e. The van der Waals surface area contributed by atoms with Crippen LogP contribution in [0.4, 0.5) is 0 Å². The monoisotopic (exact) mass is 387 g/mol. The first-order chi connectivity index (χ1) is 8.61. The number of benzene rings is 2. The molecule has 18 heavy (non-hydrogen) atoms. The van der Waals surface area contributed by atoms with Crippen LogP contribution >= 0.6 is 43.5 Å². The van der Waals surface area contributed by atoms with Gasteiger partial charge < -0.3 is 5.32 Å². The fourth-order valence-electron chi connectivity index (χ4n) is 1.87. The Kier molecular flexibility index (Phi) is 4.84. The van der Waals surface area contributed by atoms with E-state index in [-0.39, 0.29) is 6.04 Å². The molecule has 0 spiro atoms. The molecule has 0 fully saturated rings. The molecular formula is C14H12Br2ClN. The van der Waals surface area contributed by atoms with Crippen molar-refractivity contribution in [2.75, 3.05) is 7.05 Å². The van der Waals surface area contributed by atoms with Crippen molar-refractivity contribution in [3.63, 3.8) is 0 Å². The van der Waals surface area contributed by atoms with Gasteiger partial charge in [0, 0.05) is 8.95 Å². The lowest BCUT2D eigenvalue weighted by Crippen LogP contribution is -2.17. The van der Waals surface area contributed by atoms with Crippen LogP contribution in [0.5, 0.6) is 0 Å². The van der Waals surface area contributed by atoms with Gasteiger partial charge in [-0.15, -0.1) is 0 Å². The molecule has 0 aliphatic rings. The van der Waals surface area contributed by atoms with Crippen LogP contribution in [-0.4, -0.2) is 7.05 Å². The Hall–Kier alpha value is -0.350. The van der Waals surface area contributed by atoms with Crippen LogP contribution < -0.4 is 5.32 Å². The van der Waals surface area contributed by atoms with Crippen LogP contribution in [0.3, 0.4) is 0 Å². The van der Waals surface area contributed by atoms with E-state index in [1.165, 1.54) is 5.56 Å². The lowest BCUT2D eigenvalue weighted by molar-refractivity contribution is 0.691. The van der Waals surface area contributed by atoms with Gasteiger partial charge in [0.1, 0.15) is 0 Å². The Morgan fingerprint density at radius 1 is 1.00 bits per heavy atom. The highest BCUT2D eigenvalue weighted by Gasteiger charge is 2.12. The molecule has 0 radical (unpaired) electrons. The fraction of sp³-hybridized carbons (Fsp3) is 0.143. The Morgan fingerprint density at radius 2 is 1.61 bits per heavy atom. The molecule has 1 atom stereocenters. The molecule has 4 heteroatoms. The third-order valence-electron chi connectivity index (χ3n) is 2.77. The number of nitrogens with one attached hydrogen (secondary N) is 1. The van der Waals surface area contributed by atoms with Crippen molar-refractivity contribution >= 4 is 43.5 Å². The summed E-state index contributed by atoms with van der Waals surface area (Å²) in [5, 5.41) is 4.04. The average Bonchev–Trinajstić information content (AvgIpc) is 2.37. The van der Waals surface area contributed by atoms with Crippen LogP contribution in [0.2, 0.25) is 5.02 Å². The van der Waals surface area contributed by atoms with Crippen molar-refractivity contribution in [1.82, 2.24) is 5.32 Å². The van der Waals surface area contributed by atoms with Crippen molar-refractivity contribution in [2.45, 2.75) is 6.04 Å². The number of hydrogen-bond acceptors (Lipinski definition) is 1. The van der Waals surface area contributed by atoms with E-state index in [1.807, 2.05) is 31.3 Å². The van der Waals surface area contributed by atoms with Gasteiger partial charge in [-0.05, 0) is 58.4 Å². The van der Waals surface area contributed by atoms with Gasteiger partial charge in [0.05, 0.1) is 11.1 Å². The summed E-state index contributed by atoms with van der Waals surface area (Å²) >= 11 is 13.0. The lowest BCUT2D eigenvalue weighted by atomic mass is 9.99. The maximum atomic E-state index is 6.15. The zero-order valence-electron chi connectivity index (χ0n) is 9.75. The molecule has 0 saturated carbocycles. The summed E-state index contributed by atoms with van der Waals surface area (Å²) < 4.78 is 1.99. The second-order valence-corrected chi connectivity index (χ2v) is 6.12. The maximum absolute atomic E-state index is 6.15. The molecule has 2 aromatic rings. The van der Waals surface area contributed by atoms with E-state index in [2.05, 4.69) is 55.4 Å². The van der Waals surface area contributed by atoms with Crippen LogP contribution in [0.15, 0.2) is 51.4 Å². The first-order valence-corrected chi connectivity index (χ1v) is 7.46. The van der Waals surface area contributed by atoms with Gasteiger partial charge in [-0.2, -0.15) is 0 Å². The quantitative estimate of drug-likeness (QED) is 0.763. The second kappa shape index (κ2) is 6.20. The van der Waals surface area contributed by atoms with E-state index in [1.54, 1.807) is 0 Å². The first-order valence-electron chi connectivity index (χ1n) is 5.49. The normalized spacial score (nSPS) is 12.4. The van der Waals surface area contributed by atoms with E-state index in [0.29, 0.717) is 0 Å². The minimum atomic E-state index is 0.142. The fourth-order valence-corrected chi connectivity index (χ4v) is 2.57. The third-order valence-corrected chi connectivity index (χ3v) is 4.53. The molecule has 0 aliphatic carbocycles. The summed E-state index contributed by atoms with van der Waals surface area (Å²) in [6.07, 6.45) is 0. The number of hydrogen-bond donors (Lipinski definition) is 1. The van der Waals surface area contributed by atoms with E-state index in [0.717, 1.165) is 19.5 Å². The molecule has 1 nitrogen and oxygen atoms in total. The van der Waals surface area contributed by atoms with E-state index in [9.17, 15) is 0 Å². The molecule has 2 rings (SSSR count). The smallest absolute Gasteiger partial charge is 0.0574 e. The standard InChI is InChI=1S/C14H12Br2ClN/c1-18-14(9-2-5-11(15)6-3-9)10-4-7-12(16)13(17)8-10/h2-8,14,18H,1H3. The molecule has 0 bridgehead atoms. The highest BCUT2D eigenvalue weighted by Crippen LogP contribution is 2.29. The second-order valence-electron chi connectivity index (χ2n) is 3.95. The van der Waals surface area contributed by atoms with Crippen molar-refractivity contribution in [2.24, 2.45) is 0 Å². The maximum Gasteiger partial charge on any atom is 0.0574 e. The van der Waals surface area contributed by atoms with Gasteiger partial charge in [-0.3, -0.25) is 0 Å². The third kappa shape index (κ3) is 3.15. The Labute approximate surface area is 129 Å². The van der Waals surface area contributed by atoms with Crippen LogP contribution in [0.25, 0.3) is 0 Å². The molecule has 94 valence electrons. The van der Waals surface area contributed by atoms with E-state index < -0.39 is 0 Å². The molecule has 1 unspecified atom stereocenters. The van der Waals surface area contributed by atoms with Gasteiger partial charge in [-0.25, -0.2) is 0 Å². The zero-order valence-corrected chi connectivity index (χ0v) is 13.7. The summed E-state index contributed by atoms with van der Waals surface area (Å²) in [6.45, 7) is 0. The topological polar surface area (TPSA) is 12.0 Å². The van der Waals surface area contributed by atoms with E-state index in [4.69, 9.17) is 11.6 Å². The lowest BCUT2D eigenvalue weighted by Gasteiger charge is -2.18. The predicted octanol–water partition coefficient (Wildman–Crippen LogP) is 5.17. The minimum absolute atomic E-state index is 0.142. The molecular weight excluding hydrogens is 377 g/mol. The summed E-state index contributed by atoms with van der Waals surface area (Å²) in [7, 11) is 1.95. The van der Waals surface area contributed by atoms with Crippen molar-refractivity contribution in [3.05, 3.63) is 67.6 Å². The molecule has 0 heterocycles. The number of rotatable bonds is 3. The van der Waals surface area contributed by atoms with Gasteiger partial charge in [-0.1, -0.05) is 45.7 Å². The Morgan fingerprint density at radius 3 is 2.17 bits per heavy atom. The molecule has 0 aliphatic heterocycles. The summed E-state index contributed by atoms with van der Waals surface area (Å²) in [6, 6.07) is 14.4. The molecule has 0 saturated heterocycles. The van der Waals surface area contributed by atoms with Crippen molar-refractivity contribution < 1.29 is 0 Å². The predicted molar refractivity (Wildman–Crippen MR) is 84.2 cm³/mol. The van der Waals surface area contributed by atoms with E-state index >= 15 is 0 Å². The van der Waals surface area contributed by atoms with Crippen molar-refractivity contribution in [1.29, 1.82) is 0 Å². The number of halogens is 3. The molecule has 2 aromatic carbocycles. The van der Waals surface area contributed by atoms with Gasteiger partial charge >= 0.3 is 0 Å². The van der Waals surface area contributed by atoms with Crippen LogP contribution in [-0.2, 0) is 0 Å². The SMILES string of the molecule is CNC(c1ccc(Br)cc1)c1ccc(Br)c(Cl)c1. The molecule has 1 N–H and O–H groups in total. The summed E-state index contributed by atoms with van der Waals surface area (Å²) in [4.78, 5) is 0.